The van der Waals surface area contributed by atoms with Crippen molar-refractivity contribution in [3.63, 3.8) is 0 Å². The number of likely N-dealkylation sites (tertiary alicyclic amines) is 1. The fourth-order valence-electron chi connectivity index (χ4n) is 4.11. The number of piperazine rings is 1. The van der Waals surface area contributed by atoms with Gasteiger partial charge in [-0.05, 0) is 45.2 Å². The summed E-state index contributed by atoms with van der Waals surface area (Å²) >= 11 is 0. The standard InChI is InChI=1S/C23H37N5O2.HI/c1-19-7-9-21(10-8-19)30-18-6-11-25-23(24-3)28-16-14-26(15-17-28)20(2)22(29)27-12-4-5-13-27;/h7-10,20H,4-6,11-18H2,1-3H3,(H,24,25);1H. The maximum absolute atomic E-state index is 12.7. The molecule has 1 aromatic carbocycles. The first-order valence-electron chi connectivity index (χ1n) is 11.3. The van der Waals surface area contributed by atoms with Gasteiger partial charge in [0.25, 0.3) is 0 Å². The number of guanidine groups is 1. The lowest BCUT2D eigenvalue weighted by Crippen LogP contribution is -2.57. The third-order valence-corrected chi connectivity index (χ3v) is 6.04. The second-order valence-electron chi connectivity index (χ2n) is 8.22. The molecular weight excluding hydrogens is 505 g/mol. The molecule has 0 radical (unpaired) electrons. The number of halogens is 1. The van der Waals surface area contributed by atoms with Crippen molar-refractivity contribution in [2.24, 2.45) is 4.99 Å². The quantitative estimate of drug-likeness (QED) is 0.248. The van der Waals surface area contributed by atoms with Crippen LogP contribution in [0.25, 0.3) is 0 Å². The Hall–Kier alpha value is -1.55. The monoisotopic (exact) mass is 543 g/mol. The molecule has 0 aliphatic carbocycles. The van der Waals surface area contributed by atoms with Gasteiger partial charge in [-0.25, -0.2) is 0 Å². The van der Waals surface area contributed by atoms with Gasteiger partial charge >= 0.3 is 0 Å². The molecule has 31 heavy (non-hydrogen) atoms. The second kappa shape index (κ2) is 13.1. The Morgan fingerprint density at radius 1 is 1.06 bits per heavy atom. The largest absolute Gasteiger partial charge is 0.494 e. The van der Waals surface area contributed by atoms with Crippen LogP contribution in [0.2, 0.25) is 0 Å². The van der Waals surface area contributed by atoms with Gasteiger partial charge in [0.2, 0.25) is 5.91 Å². The number of nitrogens with one attached hydrogen (secondary N) is 1. The third-order valence-electron chi connectivity index (χ3n) is 6.04. The molecule has 1 amide bonds. The summed E-state index contributed by atoms with van der Waals surface area (Å²) in [5.41, 5.74) is 1.24. The van der Waals surface area contributed by atoms with Gasteiger partial charge in [-0.15, -0.1) is 24.0 Å². The molecule has 2 aliphatic heterocycles. The van der Waals surface area contributed by atoms with E-state index < -0.39 is 0 Å². The van der Waals surface area contributed by atoms with Crippen molar-refractivity contribution in [1.29, 1.82) is 0 Å². The number of nitrogens with zero attached hydrogens (tertiary/aromatic N) is 4. The minimum Gasteiger partial charge on any atom is -0.494 e. The van der Waals surface area contributed by atoms with Gasteiger partial charge < -0.3 is 19.9 Å². The Labute approximate surface area is 204 Å². The number of amides is 1. The average molecular weight is 543 g/mol. The van der Waals surface area contributed by atoms with Crippen LogP contribution in [-0.2, 0) is 4.79 Å². The van der Waals surface area contributed by atoms with E-state index in [1.54, 1.807) is 0 Å². The van der Waals surface area contributed by atoms with Crippen LogP contribution < -0.4 is 10.1 Å². The molecule has 7 nitrogen and oxygen atoms in total. The molecule has 0 saturated carbocycles. The normalized spacial score (nSPS) is 18.5. The van der Waals surface area contributed by atoms with Gasteiger partial charge in [-0.1, -0.05) is 17.7 Å². The summed E-state index contributed by atoms with van der Waals surface area (Å²) in [6, 6.07) is 8.12. The summed E-state index contributed by atoms with van der Waals surface area (Å²) in [5, 5.41) is 3.45. The number of rotatable bonds is 7. The third kappa shape index (κ3) is 7.52. The maximum atomic E-state index is 12.7. The zero-order valence-corrected chi connectivity index (χ0v) is 21.5. The molecule has 174 valence electrons. The van der Waals surface area contributed by atoms with Gasteiger partial charge in [0.15, 0.2) is 5.96 Å². The number of carbonyl (C=O) groups excluding carboxylic acids is 1. The van der Waals surface area contributed by atoms with Crippen molar-refractivity contribution >= 4 is 35.8 Å². The molecule has 3 rings (SSSR count). The molecule has 2 aliphatic rings. The van der Waals surface area contributed by atoms with Crippen molar-refractivity contribution in [2.45, 2.75) is 39.2 Å². The summed E-state index contributed by atoms with van der Waals surface area (Å²) in [5.74, 6) is 2.14. The van der Waals surface area contributed by atoms with Gasteiger partial charge in [-0.3, -0.25) is 14.7 Å². The van der Waals surface area contributed by atoms with E-state index in [2.05, 4.69) is 46.1 Å². The summed E-state index contributed by atoms with van der Waals surface area (Å²) in [7, 11) is 1.83. The predicted molar refractivity (Wildman–Crippen MR) is 136 cm³/mol. The molecule has 1 atom stereocenters. The molecule has 8 heteroatoms. The highest BCUT2D eigenvalue weighted by Gasteiger charge is 2.30. The maximum Gasteiger partial charge on any atom is 0.239 e. The molecule has 1 N–H and O–H groups in total. The zero-order chi connectivity index (χ0) is 21.3. The molecule has 2 saturated heterocycles. The Balaban J connectivity index is 0.00000341. The number of aliphatic imine (C=N–C) groups is 1. The summed E-state index contributed by atoms with van der Waals surface area (Å²) < 4.78 is 5.79. The molecule has 2 heterocycles. The van der Waals surface area contributed by atoms with Crippen LogP contribution in [0.4, 0.5) is 0 Å². The van der Waals surface area contributed by atoms with Gasteiger partial charge in [0, 0.05) is 52.9 Å². The topological polar surface area (TPSA) is 60.4 Å². The van der Waals surface area contributed by atoms with Gasteiger partial charge in [0.1, 0.15) is 5.75 Å². The Kier molecular flexibility index (Phi) is 10.9. The summed E-state index contributed by atoms with van der Waals surface area (Å²) in [6.07, 6.45) is 3.20. The lowest BCUT2D eigenvalue weighted by Gasteiger charge is -2.39. The summed E-state index contributed by atoms with van der Waals surface area (Å²) in [4.78, 5) is 23.7. The first-order valence-corrected chi connectivity index (χ1v) is 11.3. The Morgan fingerprint density at radius 3 is 2.32 bits per heavy atom. The van der Waals surface area contributed by atoms with Crippen molar-refractivity contribution in [2.75, 3.05) is 59.5 Å². The van der Waals surface area contributed by atoms with Crippen molar-refractivity contribution < 1.29 is 9.53 Å². The minimum absolute atomic E-state index is 0. The van der Waals surface area contributed by atoms with E-state index in [0.717, 1.165) is 76.8 Å². The van der Waals surface area contributed by atoms with Crippen molar-refractivity contribution in [1.82, 2.24) is 20.0 Å². The SMILES string of the molecule is CN=C(NCCCOc1ccc(C)cc1)N1CCN(C(C)C(=O)N2CCCC2)CC1.I. The minimum atomic E-state index is -0.0286. The molecule has 2 fully saturated rings. The van der Waals surface area contributed by atoms with Crippen LogP contribution in [0.15, 0.2) is 29.3 Å². The number of hydrogen-bond acceptors (Lipinski definition) is 4. The molecule has 0 aromatic heterocycles. The number of benzene rings is 1. The average Bonchev–Trinajstić information content (AvgIpc) is 3.32. The molecule has 1 unspecified atom stereocenters. The van der Waals surface area contributed by atoms with E-state index in [0.29, 0.717) is 6.61 Å². The Morgan fingerprint density at radius 2 is 1.71 bits per heavy atom. The van der Waals surface area contributed by atoms with E-state index >= 15 is 0 Å². The van der Waals surface area contributed by atoms with Gasteiger partial charge in [0.05, 0.1) is 12.6 Å². The van der Waals surface area contributed by atoms with E-state index in [-0.39, 0.29) is 35.9 Å². The van der Waals surface area contributed by atoms with Crippen LogP contribution in [0, 0.1) is 6.92 Å². The molecule has 0 bridgehead atoms. The smallest absolute Gasteiger partial charge is 0.239 e. The second-order valence-corrected chi connectivity index (χ2v) is 8.22. The van der Waals surface area contributed by atoms with E-state index in [4.69, 9.17) is 4.74 Å². The highest BCUT2D eigenvalue weighted by atomic mass is 127. The molecule has 1 aromatic rings. The first-order chi connectivity index (χ1) is 14.6. The highest BCUT2D eigenvalue weighted by molar-refractivity contribution is 14.0. The van der Waals surface area contributed by atoms with Crippen LogP contribution in [0.5, 0.6) is 5.75 Å². The number of aryl methyl sites for hydroxylation is 1. The molecular formula is C23H38IN5O2. The fraction of sp³-hybridized carbons (Fsp3) is 0.652. The number of hydrogen-bond donors (Lipinski definition) is 1. The van der Waals surface area contributed by atoms with E-state index in [9.17, 15) is 4.79 Å². The van der Waals surface area contributed by atoms with Crippen molar-refractivity contribution in [3.05, 3.63) is 29.8 Å². The summed E-state index contributed by atoms with van der Waals surface area (Å²) in [6.45, 7) is 11.0. The van der Waals surface area contributed by atoms with Crippen LogP contribution in [-0.4, -0.2) is 92.1 Å². The van der Waals surface area contributed by atoms with Crippen LogP contribution >= 0.6 is 24.0 Å². The zero-order valence-electron chi connectivity index (χ0n) is 19.2. The number of ether oxygens (including phenoxy) is 1. The van der Waals surface area contributed by atoms with E-state index in [1.165, 1.54) is 5.56 Å². The highest BCUT2D eigenvalue weighted by Crippen LogP contribution is 2.14. The fourth-order valence-corrected chi connectivity index (χ4v) is 4.11. The predicted octanol–water partition coefficient (Wildman–Crippen LogP) is 2.59. The Bertz CT molecular complexity index is 698. The number of carbonyl (C=O) groups is 1. The first kappa shape index (κ1) is 25.7. The van der Waals surface area contributed by atoms with Crippen LogP contribution in [0.1, 0.15) is 31.7 Å². The van der Waals surface area contributed by atoms with Gasteiger partial charge in [-0.2, -0.15) is 0 Å². The van der Waals surface area contributed by atoms with E-state index in [1.807, 2.05) is 24.1 Å². The van der Waals surface area contributed by atoms with Crippen molar-refractivity contribution in [3.8, 4) is 5.75 Å². The molecule has 0 spiro atoms. The lowest BCUT2D eigenvalue weighted by molar-refractivity contribution is -0.135. The lowest BCUT2D eigenvalue weighted by atomic mass is 10.2. The van der Waals surface area contributed by atoms with Crippen LogP contribution in [0.3, 0.4) is 0 Å².